The van der Waals surface area contributed by atoms with Crippen LogP contribution in [-0.4, -0.2) is 32.2 Å². The van der Waals surface area contributed by atoms with Crippen LogP contribution in [0.5, 0.6) is 11.5 Å². The highest BCUT2D eigenvalue weighted by Crippen LogP contribution is 2.38. The molecule has 0 aromatic heterocycles. The van der Waals surface area contributed by atoms with E-state index in [-0.39, 0.29) is 22.3 Å². The van der Waals surface area contributed by atoms with Crippen molar-refractivity contribution in [1.29, 1.82) is 0 Å². The highest BCUT2D eigenvalue weighted by molar-refractivity contribution is 7.92. The number of anilines is 1. The summed E-state index contributed by atoms with van der Waals surface area (Å²) < 4.78 is 39.1. The molecule has 1 heterocycles. The summed E-state index contributed by atoms with van der Waals surface area (Å²) in [5.41, 5.74) is 1.10. The van der Waals surface area contributed by atoms with Gasteiger partial charge < -0.3 is 14.6 Å². The number of ether oxygens (including phenoxy) is 2. The second-order valence-electron chi connectivity index (χ2n) is 5.96. The summed E-state index contributed by atoms with van der Waals surface area (Å²) in [7, 11) is -3.99. The smallest absolute Gasteiger partial charge is 0.335 e. The normalized spacial score (nSPS) is 15.8. The van der Waals surface area contributed by atoms with Crippen molar-refractivity contribution in [3.05, 3.63) is 47.5 Å². The van der Waals surface area contributed by atoms with Gasteiger partial charge in [-0.15, -0.1) is 0 Å². The lowest BCUT2D eigenvalue weighted by Crippen LogP contribution is -2.15. The van der Waals surface area contributed by atoms with Gasteiger partial charge in [0.2, 0.25) is 0 Å². The Kier molecular flexibility index (Phi) is 4.78. The van der Waals surface area contributed by atoms with Crippen LogP contribution in [-0.2, 0) is 16.4 Å². The van der Waals surface area contributed by atoms with Gasteiger partial charge in [-0.1, -0.05) is 6.07 Å². The highest BCUT2D eigenvalue weighted by Gasteiger charge is 2.24. The molecule has 0 spiro atoms. The summed E-state index contributed by atoms with van der Waals surface area (Å²) in [5.74, 6) is -0.183. The zero-order valence-corrected chi connectivity index (χ0v) is 15.2. The van der Waals surface area contributed by atoms with Gasteiger partial charge in [0.15, 0.2) is 0 Å². The molecule has 26 heavy (non-hydrogen) atoms. The lowest BCUT2D eigenvalue weighted by Gasteiger charge is -2.15. The molecular formula is C18H19NO6S. The molecule has 138 valence electrons. The summed E-state index contributed by atoms with van der Waals surface area (Å²) >= 11 is 0. The van der Waals surface area contributed by atoms with E-state index in [0.29, 0.717) is 18.1 Å². The maximum absolute atomic E-state index is 12.7. The predicted octanol–water partition coefficient (Wildman–Crippen LogP) is 2.91. The van der Waals surface area contributed by atoms with Crippen molar-refractivity contribution < 1.29 is 27.8 Å². The first kappa shape index (κ1) is 18.1. The number of carboxylic acids is 1. The number of hydrogen-bond acceptors (Lipinski definition) is 5. The molecule has 3 rings (SSSR count). The van der Waals surface area contributed by atoms with Crippen LogP contribution in [0.4, 0.5) is 5.69 Å². The average Bonchev–Trinajstić information content (AvgIpc) is 2.94. The van der Waals surface area contributed by atoms with Crippen molar-refractivity contribution in [3.8, 4) is 11.5 Å². The van der Waals surface area contributed by atoms with Crippen LogP contribution in [0.15, 0.2) is 41.3 Å². The summed E-state index contributed by atoms with van der Waals surface area (Å²) in [6, 6.07) is 8.53. The van der Waals surface area contributed by atoms with Crippen LogP contribution >= 0.6 is 0 Å². The molecule has 0 saturated heterocycles. The van der Waals surface area contributed by atoms with Crippen LogP contribution in [0.25, 0.3) is 0 Å². The van der Waals surface area contributed by atoms with Gasteiger partial charge in [-0.05, 0) is 38.1 Å². The fraction of sp³-hybridized carbons (Fsp3) is 0.278. The lowest BCUT2D eigenvalue weighted by molar-refractivity contribution is 0.0696. The Labute approximate surface area is 151 Å². The molecule has 0 amide bonds. The third-order valence-electron chi connectivity index (χ3n) is 3.93. The molecule has 0 fully saturated rings. The Morgan fingerprint density at radius 1 is 1.35 bits per heavy atom. The number of nitrogens with one attached hydrogen (secondary N) is 1. The van der Waals surface area contributed by atoms with E-state index in [1.165, 1.54) is 18.2 Å². The van der Waals surface area contributed by atoms with Gasteiger partial charge in [0, 0.05) is 18.1 Å². The molecule has 2 aromatic rings. The summed E-state index contributed by atoms with van der Waals surface area (Å²) in [6.07, 6.45) is 0.738. The molecule has 1 aliphatic rings. The Bertz CT molecular complexity index is 954. The highest BCUT2D eigenvalue weighted by atomic mass is 32.2. The van der Waals surface area contributed by atoms with Crippen LogP contribution in [0.3, 0.4) is 0 Å². The molecular weight excluding hydrogens is 358 g/mol. The van der Waals surface area contributed by atoms with Gasteiger partial charge in [-0.25, -0.2) is 13.2 Å². The molecule has 0 radical (unpaired) electrons. The fourth-order valence-electron chi connectivity index (χ4n) is 2.79. The van der Waals surface area contributed by atoms with E-state index in [2.05, 4.69) is 4.72 Å². The SMILES string of the molecule is CCOc1cc2c(cc1NS(=O)(=O)c1cccc(C(=O)O)c1)OC(C)C2. The molecule has 0 aliphatic carbocycles. The standard InChI is InChI=1S/C18H19NO6S/c1-3-24-17-9-13-7-11(2)25-16(13)10-15(17)19-26(22,23)14-6-4-5-12(8-14)18(20)21/h4-6,8-11,19H,3,7H2,1-2H3,(H,20,21). The van der Waals surface area contributed by atoms with Gasteiger partial charge in [0.25, 0.3) is 10.0 Å². The molecule has 2 N–H and O–H groups in total. The van der Waals surface area contributed by atoms with Gasteiger partial charge >= 0.3 is 5.97 Å². The van der Waals surface area contributed by atoms with E-state index in [0.717, 1.165) is 18.1 Å². The van der Waals surface area contributed by atoms with Crippen molar-refractivity contribution in [2.45, 2.75) is 31.3 Å². The minimum Gasteiger partial charge on any atom is -0.492 e. The predicted molar refractivity (Wildman–Crippen MR) is 95.6 cm³/mol. The van der Waals surface area contributed by atoms with E-state index in [1.54, 1.807) is 19.1 Å². The first-order valence-electron chi connectivity index (χ1n) is 8.12. The maximum Gasteiger partial charge on any atom is 0.335 e. The van der Waals surface area contributed by atoms with E-state index in [4.69, 9.17) is 14.6 Å². The number of sulfonamides is 1. The van der Waals surface area contributed by atoms with E-state index in [1.807, 2.05) is 6.92 Å². The topological polar surface area (TPSA) is 102 Å². The number of benzene rings is 2. The van der Waals surface area contributed by atoms with E-state index < -0.39 is 16.0 Å². The van der Waals surface area contributed by atoms with Gasteiger partial charge in [0.05, 0.1) is 22.8 Å². The van der Waals surface area contributed by atoms with Crippen molar-refractivity contribution in [3.63, 3.8) is 0 Å². The number of fused-ring (bicyclic) bond motifs is 1. The third-order valence-corrected chi connectivity index (χ3v) is 5.30. The van der Waals surface area contributed by atoms with E-state index in [9.17, 15) is 13.2 Å². The summed E-state index contributed by atoms with van der Waals surface area (Å²) in [5, 5.41) is 9.06. The molecule has 1 unspecified atom stereocenters. The van der Waals surface area contributed by atoms with Crippen molar-refractivity contribution in [2.75, 3.05) is 11.3 Å². The van der Waals surface area contributed by atoms with Gasteiger partial charge in [0.1, 0.15) is 17.6 Å². The van der Waals surface area contributed by atoms with Gasteiger partial charge in [-0.2, -0.15) is 0 Å². The molecule has 8 heteroatoms. The second kappa shape index (κ2) is 6.87. The molecule has 2 aromatic carbocycles. The van der Waals surface area contributed by atoms with E-state index >= 15 is 0 Å². The molecule has 1 atom stereocenters. The first-order chi connectivity index (χ1) is 12.3. The zero-order chi connectivity index (χ0) is 18.9. The average molecular weight is 377 g/mol. The quantitative estimate of drug-likeness (QED) is 0.803. The molecule has 0 bridgehead atoms. The van der Waals surface area contributed by atoms with Crippen molar-refractivity contribution in [1.82, 2.24) is 0 Å². The Balaban J connectivity index is 1.98. The Morgan fingerprint density at radius 2 is 2.12 bits per heavy atom. The van der Waals surface area contributed by atoms with Crippen molar-refractivity contribution >= 4 is 21.7 Å². The number of carbonyl (C=O) groups is 1. The minimum atomic E-state index is -3.99. The Hall–Kier alpha value is -2.74. The largest absolute Gasteiger partial charge is 0.492 e. The molecule has 7 nitrogen and oxygen atoms in total. The number of rotatable bonds is 6. The maximum atomic E-state index is 12.7. The van der Waals surface area contributed by atoms with Crippen molar-refractivity contribution in [2.24, 2.45) is 0 Å². The fourth-order valence-corrected chi connectivity index (χ4v) is 3.90. The summed E-state index contributed by atoms with van der Waals surface area (Å²) in [6.45, 7) is 4.11. The lowest BCUT2D eigenvalue weighted by atomic mass is 10.1. The monoisotopic (exact) mass is 377 g/mol. The Morgan fingerprint density at radius 3 is 2.81 bits per heavy atom. The van der Waals surface area contributed by atoms with Gasteiger partial charge in [-0.3, -0.25) is 4.72 Å². The number of hydrogen-bond donors (Lipinski definition) is 2. The molecule has 1 aliphatic heterocycles. The molecule has 0 saturated carbocycles. The van der Waals surface area contributed by atoms with Crippen LogP contribution in [0, 0.1) is 0 Å². The third kappa shape index (κ3) is 3.60. The first-order valence-corrected chi connectivity index (χ1v) is 9.61. The number of carboxylic acid groups (broad SMARTS) is 1. The van der Waals surface area contributed by atoms with Crippen LogP contribution in [0.1, 0.15) is 29.8 Å². The zero-order valence-electron chi connectivity index (χ0n) is 14.4. The second-order valence-corrected chi connectivity index (χ2v) is 7.64. The van der Waals surface area contributed by atoms with Crippen LogP contribution < -0.4 is 14.2 Å². The summed E-state index contributed by atoms with van der Waals surface area (Å²) in [4.78, 5) is 10.9. The minimum absolute atomic E-state index is 0.0126. The van der Waals surface area contributed by atoms with Crippen LogP contribution in [0.2, 0.25) is 0 Å². The number of aromatic carboxylic acids is 1.